The second-order valence-electron chi connectivity index (χ2n) is 5.23. The maximum absolute atomic E-state index is 12.4. The summed E-state index contributed by atoms with van der Waals surface area (Å²) in [5.41, 5.74) is 1.04. The number of hydrogen-bond acceptors (Lipinski definition) is 4. The van der Waals surface area contributed by atoms with Crippen molar-refractivity contribution < 1.29 is 19.1 Å². The van der Waals surface area contributed by atoms with Crippen LogP contribution in [0.5, 0.6) is 0 Å². The van der Waals surface area contributed by atoms with Gasteiger partial charge in [-0.1, -0.05) is 6.07 Å². The first-order valence-corrected chi connectivity index (χ1v) is 7.36. The summed E-state index contributed by atoms with van der Waals surface area (Å²) < 4.78 is 4.44. The summed E-state index contributed by atoms with van der Waals surface area (Å²) in [7, 11) is 1.23. The van der Waals surface area contributed by atoms with Gasteiger partial charge in [-0.05, 0) is 37.5 Å². The van der Waals surface area contributed by atoms with Crippen LogP contribution in [0.2, 0.25) is 0 Å². The number of hydrogen-bond donors (Lipinski definition) is 1. The van der Waals surface area contributed by atoms with E-state index in [1.54, 1.807) is 24.3 Å². The minimum atomic E-state index is -0.599. The number of piperidine rings is 1. The molecule has 0 spiro atoms. The molecule has 1 aliphatic heterocycles. The van der Waals surface area contributed by atoms with Crippen LogP contribution < -0.4 is 5.32 Å². The lowest BCUT2D eigenvalue weighted by molar-refractivity contribution is -0.142. The summed E-state index contributed by atoms with van der Waals surface area (Å²) in [6.45, 7) is 1.55. The summed E-state index contributed by atoms with van der Waals surface area (Å²) in [5, 5.41) is 2.59. The summed E-state index contributed by atoms with van der Waals surface area (Å²) in [4.78, 5) is 36.9. The summed E-state index contributed by atoms with van der Waals surface area (Å²) in [6, 6.07) is 6.76. The third kappa shape index (κ3) is 4.31. The lowest BCUT2D eigenvalue weighted by atomic mass is 10.1. The van der Waals surface area contributed by atoms with Crippen LogP contribution >= 0.6 is 0 Å². The zero-order valence-electron chi connectivity index (χ0n) is 12.6. The van der Waals surface area contributed by atoms with Gasteiger partial charge in [-0.15, -0.1) is 0 Å². The zero-order chi connectivity index (χ0) is 15.9. The van der Waals surface area contributed by atoms with Crippen LogP contribution in [0.4, 0.5) is 5.69 Å². The molecule has 1 heterocycles. The number of benzene rings is 1. The quantitative estimate of drug-likeness (QED) is 0.680. The third-order valence-corrected chi connectivity index (χ3v) is 3.57. The molecule has 0 bridgehead atoms. The molecule has 0 radical (unpaired) electrons. The number of methoxy groups -OCH3 is 1. The Balaban J connectivity index is 2.01. The largest absolute Gasteiger partial charge is 0.469 e. The van der Waals surface area contributed by atoms with E-state index >= 15 is 0 Å². The molecule has 0 saturated carbocycles. The smallest absolute Gasteiger partial charge is 0.315 e. The highest BCUT2D eigenvalue weighted by molar-refractivity contribution is 6.02. The normalized spacial score (nSPS) is 14.3. The topological polar surface area (TPSA) is 75.7 Å². The second-order valence-corrected chi connectivity index (χ2v) is 5.23. The molecule has 0 aliphatic carbocycles. The lowest BCUT2D eigenvalue weighted by Gasteiger charge is -2.26. The molecule has 6 heteroatoms. The van der Waals surface area contributed by atoms with Crippen molar-refractivity contribution in [2.75, 3.05) is 25.5 Å². The van der Waals surface area contributed by atoms with Crippen molar-refractivity contribution in [2.24, 2.45) is 0 Å². The Morgan fingerprint density at radius 3 is 2.59 bits per heavy atom. The van der Waals surface area contributed by atoms with E-state index in [4.69, 9.17) is 0 Å². The second kappa shape index (κ2) is 7.59. The minimum absolute atomic E-state index is 0.0243. The lowest BCUT2D eigenvalue weighted by Crippen LogP contribution is -2.35. The predicted octanol–water partition coefficient (Wildman–Crippen LogP) is 1.81. The van der Waals surface area contributed by atoms with Crippen LogP contribution in [-0.2, 0) is 14.3 Å². The first kappa shape index (κ1) is 16.0. The minimum Gasteiger partial charge on any atom is -0.469 e. The molecule has 1 N–H and O–H groups in total. The fourth-order valence-corrected chi connectivity index (χ4v) is 2.42. The van der Waals surface area contributed by atoms with Crippen molar-refractivity contribution in [2.45, 2.75) is 25.7 Å². The van der Waals surface area contributed by atoms with Gasteiger partial charge in [0, 0.05) is 24.3 Å². The van der Waals surface area contributed by atoms with Gasteiger partial charge in [0.25, 0.3) is 5.91 Å². The molecule has 1 saturated heterocycles. The Morgan fingerprint density at radius 1 is 1.18 bits per heavy atom. The first-order valence-electron chi connectivity index (χ1n) is 7.36. The monoisotopic (exact) mass is 304 g/mol. The van der Waals surface area contributed by atoms with Gasteiger partial charge in [-0.3, -0.25) is 14.4 Å². The number of ether oxygens (including phenoxy) is 1. The highest BCUT2D eigenvalue weighted by atomic mass is 16.5. The number of carbonyl (C=O) groups is 3. The zero-order valence-corrected chi connectivity index (χ0v) is 12.6. The fraction of sp³-hybridized carbons (Fsp3) is 0.438. The maximum atomic E-state index is 12.4. The van der Waals surface area contributed by atoms with Crippen LogP contribution in [0, 0.1) is 0 Å². The molecule has 1 aromatic carbocycles. The summed E-state index contributed by atoms with van der Waals surface area (Å²) >= 11 is 0. The number of anilines is 1. The first-order chi connectivity index (χ1) is 10.6. The van der Waals surface area contributed by atoms with Crippen LogP contribution in [-0.4, -0.2) is 42.9 Å². The molecule has 1 aliphatic rings. The van der Waals surface area contributed by atoms with Crippen LogP contribution in [0.15, 0.2) is 24.3 Å². The van der Waals surface area contributed by atoms with E-state index in [0.717, 1.165) is 32.4 Å². The Morgan fingerprint density at radius 2 is 1.91 bits per heavy atom. The molecular formula is C16H20N2O4. The van der Waals surface area contributed by atoms with Crippen LogP contribution in [0.25, 0.3) is 0 Å². The highest BCUT2D eigenvalue weighted by Crippen LogP contribution is 2.16. The summed E-state index contributed by atoms with van der Waals surface area (Å²) in [5.74, 6) is -1.09. The van der Waals surface area contributed by atoms with Crippen molar-refractivity contribution in [3.63, 3.8) is 0 Å². The van der Waals surface area contributed by atoms with Gasteiger partial charge in [-0.2, -0.15) is 0 Å². The third-order valence-electron chi connectivity index (χ3n) is 3.57. The molecule has 118 valence electrons. The van der Waals surface area contributed by atoms with Crippen LogP contribution in [0.3, 0.4) is 0 Å². The van der Waals surface area contributed by atoms with Crippen molar-refractivity contribution >= 4 is 23.5 Å². The van der Waals surface area contributed by atoms with Gasteiger partial charge >= 0.3 is 5.97 Å². The Bertz CT molecular complexity index is 565. The molecule has 2 amide bonds. The molecule has 0 aromatic heterocycles. The Labute approximate surface area is 129 Å². The molecule has 22 heavy (non-hydrogen) atoms. The number of nitrogens with one attached hydrogen (secondary N) is 1. The van der Waals surface area contributed by atoms with E-state index in [0.29, 0.717) is 11.3 Å². The van der Waals surface area contributed by atoms with E-state index in [2.05, 4.69) is 10.1 Å². The van der Waals surface area contributed by atoms with Crippen molar-refractivity contribution in [3.8, 4) is 0 Å². The molecule has 2 rings (SSSR count). The van der Waals surface area contributed by atoms with Gasteiger partial charge in [0.1, 0.15) is 6.42 Å². The molecule has 1 aromatic rings. The number of esters is 1. The van der Waals surface area contributed by atoms with Gasteiger partial charge in [0.05, 0.1) is 7.11 Å². The number of likely N-dealkylation sites (tertiary alicyclic amines) is 1. The van der Waals surface area contributed by atoms with E-state index < -0.39 is 11.9 Å². The van der Waals surface area contributed by atoms with Crippen molar-refractivity contribution in [3.05, 3.63) is 29.8 Å². The highest BCUT2D eigenvalue weighted by Gasteiger charge is 2.18. The number of amides is 2. The fourth-order valence-electron chi connectivity index (χ4n) is 2.42. The van der Waals surface area contributed by atoms with E-state index in [-0.39, 0.29) is 12.3 Å². The van der Waals surface area contributed by atoms with Gasteiger partial charge in [0.2, 0.25) is 5.91 Å². The standard InChI is InChI=1S/C16H20N2O4/c1-22-15(20)11-14(19)17-13-7-5-6-12(10-13)16(21)18-8-3-2-4-9-18/h5-7,10H,2-4,8-9,11H2,1H3,(H,17,19). The van der Waals surface area contributed by atoms with Crippen molar-refractivity contribution in [1.82, 2.24) is 4.90 Å². The molecule has 0 atom stereocenters. The molecule has 0 unspecified atom stereocenters. The summed E-state index contributed by atoms with van der Waals surface area (Å²) in [6.07, 6.45) is 2.87. The molecule has 1 fully saturated rings. The Kier molecular flexibility index (Phi) is 5.52. The number of carbonyl (C=O) groups excluding carboxylic acids is 3. The van der Waals surface area contributed by atoms with E-state index in [1.165, 1.54) is 7.11 Å². The van der Waals surface area contributed by atoms with E-state index in [1.807, 2.05) is 4.90 Å². The van der Waals surface area contributed by atoms with Crippen molar-refractivity contribution in [1.29, 1.82) is 0 Å². The van der Waals surface area contributed by atoms with E-state index in [9.17, 15) is 14.4 Å². The Hall–Kier alpha value is -2.37. The average Bonchev–Trinajstić information content (AvgIpc) is 2.55. The van der Waals surface area contributed by atoms with Crippen LogP contribution in [0.1, 0.15) is 36.0 Å². The van der Waals surface area contributed by atoms with Gasteiger partial charge in [0.15, 0.2) is 0 Å². The average molecular weight is 304 g/mol. The van der Waals surface area contributed by atoms with Gasteiger partial charge in [-0.25, -0.2) is 0 Å². The number of nitrogens with zero attached hydrogens (tertiary/aromatic N) is 1. The van der Waals surface area contributed by atoms with Gasteiger partial charge < -0.3 is 15.0 Å². The predicted molar refractivity (Wildman–Crippen MR) is 81.5 cm³/mol. The number of rotatable bonds is 4. The molecule has 6 nitrogen and oxygen atoms in total. The molecular weight excluding hydrogens is 284 g/mol. The maximum Gasteiger partial charge on any atom is 0.315 e. The SMILES string of the molecule is COC(=O)CC(=O)Nc1cccc(C(=O)N2CCCCC2)c1.